The number of pyridine rings is 1. The van der Waals surface area contributed by atoms with Crippen molar-refractivity contribution < 1.29 is 14.8 Å². The Morgan fingerprint density at radius 1 is 1.50 bits per heavy atom. The van der Waals surface area contributed by atoms with Gasteiger partial charge in [-0.2, -0.15) is 0 Å². The smallest absolute Gasteiger partial charge is 0.311 e. The minimum absolute atomic E-state index is 0.0985. The molecule has 0 amide bonds. The van der Waals surface area contributed by atoms with Gasteiger partial charge in [0.2, 0.25) is 0 Å². The van der Waals surface area contributed by atoms with Crippen LogP contribution in [0, 0.1) is 10.1 Å². The molecule has 7 nitrogen and oxygen atoms in total. The zero-order valence-electron chi connectivity index (χ0n) is 9.43. The van der Waals surface area contributed by atoms with Crippen LogP contribution in [0.4, 0.5) is 11.4 Å². The van der Waals surface area contributed by atoms with Gasteiger partial charge in [0.05, 0.1) is 9.40 Å². The van der Waals surface area contributed by atoms with Crippen LogP contribution in [0.15, 0.2) is 16.9 Å². The highest BCUT2D eigenvalue weighted by molar-refractivity contribution is 9.10. The molecule has 2 N–H and O–H groups in total. The van der Waals surface area contributed by atoms with Gasteiger partial charge in [0.25, 0.3) is 0 Å². The summed E-state index contributed by atoms with van der Waals surface area (Å²) in [4.78, 5) is 24.3. The van der Waals surface area contributed by atoms with E-state index >= 15 is 0 Å². The summed E-state index contributed by atoms with van der Waals surface area (Å²) in [7, 11) is 0. The van der Waals surface area contributed by atoms with Gasteiger partial charge in [0, 0.05) is 19.2 Å². The number of carboxylic acid groups (broad SMARTS) is 1. The predicted molar refractivity (Wildman–Crippen MR) is 68.6 cm³/mol. The summed E-state index contributed by atoms with van der Waals surface area (Å²) in [6, 6.07) is 0. The molecule has 0 unspecified atom stereocenters. The maximum Gasteiger partial charge on any atom is 0.311 e. The van der Waals surface area contributed by atoms with E-state index in [4.69, 9.17) is 5.11 Å². The Balaban J connectivity index is 2.56. The molecule has 0 aliphatic rings. The van der Waals surface area contributed by atoms with E-state index in [0.717, 1.165) is 0 Å². The van der Waals surface area contributed by atoms with Gasteiger partial charge in [-0.05, 0) is 28.8 Å². The van der Waals surface area contributed by atoms with E-state index in [9.17, 15) is 14.9 Å². The first-order valence-electron chi connectivity index (χ1n) is 5.26. The third kappa shape index (κ3) is 4.28. The maximum atomic E-state index is 10.8. The molecule has 0 fully saturated rings. The summed E-state index contributed by atoms with van der Waals surface area (Å²) in [5.41, 5.74) is 0.257. The number of nitrogens with zero attached hydrogens (tertiary/aromatic N) is 2. The van der Waals surface area contributed by atoms with E-state index in [0.29, 0.717) is 29.5 Å². The van der Waals surface area contributed by atoms with Crippen LogP contribution in [-0.2, 0) is 4.79 Å². The van der Waals surface area contributed by atoms with Gasteiger partial charge in [-0.3, -0.25) is 19.9 Å². The lowest BCUT2D eigenvalue weighted by molar-refractivity contribution is -0.384. The number of carbonyl (C=O) groups is 1. The van der Waals surface area contributed by atoms with Crippen molar-refractivity contribution >= 4 is 33.3 Å². The average Bonchev–Trinajstić information content (AvgIpc) is 2.29. The Bertz CT molecular complexity index is 453. The SMILES string of the molecule is O=C(O)CCCCNc1c(Br)cncc1[N+](=O)[O-]. The zero-order chi connectivity index (χ0) is 13.5. The summed E-state index contributed by atoms with van der Waals surface area (Å²) in [6.07, 6.45) is 3.88. The number of aliphatic carboxylic acids is 1. The van der Waals surface area contributed by atoms with E-state index in [-0.39, 0.29) is 12.1 Å². The molecule has 0 saturated heterocycles. The van der Waals surface area contributed by atoms with Crippen LogP contribution in [0.2, 0.25) is 0 Å². The third-order valence-electron chi connectivity index (χ3n) is 2.20. The Labute approximate surface area is 112 Å². The van der Waals surface area contributed by atoms with Crippen LogP contribution in [0.3, 0.4) is 0 Å². The lowest BCUT2D eigenvalue weighted by Gasteiger charge is -2.07. The van der Waals surface area contributed by atoms with E-state index in [2.05, 4.69) is 26.2 Å². The van der Waals surface area contributed by atoms with Gasteiger partial charge < -0.3 is 10.4 Å². The van der Waals surface area contributed by atoms with E-state index < -0.39 is 10.9 Å². The van der Waals surface area contributed by atoms with Gasteiger partial charge in [-0.25, -0.2) is 0 Å². The minimum atomic E-state index is -0.842. The van der Waals surface area contributed by atoms with Crippen molar-refractivity contribution in [1.82, 2.24) is 4.98 Å². The molecule has 0 radical (unpaired) electrons. The first kappa shape index (κ1) is 14.4. The molecule has 0 bridgehead atoms. The van der Waals surface area contributed by atoms with Crippen molar-refractivity contribution in [2.45, 2.75) is 19.3 Å². The number of nitrogens with one attached hydrogen (secondary N) is 1. The van der Waals surface area contributed by atoms with Crippen molar-refractivity contribution in [3.8, 4) is 0 Å². The molecular weight excluding hydrogens is 306 g/mol. The molecule has 1 heterocycles. The molecule has 8 heteroatoms. The Hall–Kier alpha value is -1.70. The van der Waals surface area contributed by atoms with Crippen LogP contribution < -0.4 is 5.32 Å². The zero-order valence-corrected chi connectivity index (χ0v) is 11.0. The number of carboxylic acids is 1. The van der Waals surface area contributed by atoms with Crippen LogP contribution in [0.25, 0.3) is 0 Å². The fourth-order valence-electron chi connectivity index (χ4n) is 1.35. The number of rotatable bonds is 7. The highest BCUT2D eigenvalue weighted by Gasteiger charge is 2.16. The number of anilines is 1. The summed E-state index contributed by atoms with van der Waals surface area (Å²) in [6.45, 7) is 0.469. The normalized spacial score (nSPS) is 10.1. The number of hydrogen-bond acceptors (Lipinski definition) is 5. The standard InChI is InChI=1S/C10H12BrN3O4/c11-7-5-12-6-8(14(17)18)10(7)13-4-2-1-3-9(15)16/h5-6H,1-4H2,(H,12,13)(H,15,16). The van der Waals surface area contributed by atoms with E-state index in [1.807, 2.05) is 0 Å². The fourth-order valence-corrected chi connectivity index (χ4v) is 1.81. The average molecular weight is 318 g/mol. The number of aromatic nitrogens is 1. The van der Waals surface area contributed by atoms with Crippen molar-refractivity contribution in [2.75, 3.05) is 11.9 Å². The van der Waals surface area contributed by atoms with Gasteiger partial charge in [-0.1, -0.05) is 0 Å². The summed E-state index contributed by atoms with van der Waals surface area (Å²) in [5.74, 6) is -0.842. The number of hydrogen-bond donors (Lipinski definition) is 2. The molecule has 0 aliphatic carbocycles. The molecule has 0 atom stereocenters. The summed E-state index contributed by atoms with van der Waals surface area (Å²) < 4.78 is 0.509. The highest BCUT2D eigenvalue weighted by atomic mass is 79.9. The van der Waals surface area contributed by atoms with Gasteiger partial charge in [-0.15, -0.1) is 0 Å². The minimum Gasteiger partial charge on any atom is -0.481 e. The molecule has 18 heavy (non-hydrogen) atoms. The monoisotopic (exact) mass is 317 g/mol. The molecule has 0 spiro atoms. The topological polar surface area (TPSA) is 105 Å². The Morgan fingerprint density at radius 2 is 2.22 bits per heavy atom. The first-order valence-corrected chi connectivity index (χ1v) is 6.05. The molecule has 98 valence electrons. The van der Waals surface area contributed by atoms with Crippen molar-refractivity contribution in [3.63, 3.8) is 0 Å². The number of unbranched alkanes of at least 4 members (excludes halogenated alkanes) is 1. The summed E-state index contributed by atoms with van der Waals surface area (Å²) in [5, 5.41) is 22.2. The molecule has 0 saturated carbocycles. The van der Waals surface area contributed by atoms with Crippen molar-refractivity contribution in [2.24, 2.45) is 0 Å². The lowest BCUT2D eigenvalue weighted by atomic mass is 10.2. The largest absolute Gasteiger partial charge is 0.481 e. The third-order valence-corrected chi connectivity index (χ3v) is 2.80. The molecule has 1 aromatic heterocycles. The molecule has 1 aromatic rings. The highest BCUT2D eigenvalue weighted by Crippen LogP contribution is 2.30. The second kappa shape index (κ2) is 6.90. The molecule has 0 aliphatic heterocycles. The van der Waals surface area contributed by atoms with E-state index in [1.54, 1.807) is 0 Å². The number of nitro groups is 1. The van der Waals surface area contributed by atoms with Crippen LogP contribution in [-0.4, -0.2) is 27.5 Å². The van der Waals surface area contributed by atoms with Gasteiger partial charge in [0.15, 0.2) is 0 Å². The summed E-state index contributed by atoms with van der Waals surface area (Å²) >= 11 is 3.18. The first-order chi connectivity index (χ1) is 8.52. The van der Waals surface area contributed by atoms with Crippen LogP contribution in [0.1, 0.15) is 19.3 Å². The fraction of sp³-hybridized carbons (Fsp3) is 0.400. The van der Waals surface area contributed by atoms with Crippen LogP contribution in [0.5, 0.6) is 0 Å². The quantitative estimate of drug-likeness (QED) is 0.454. The van der Waals surface area contributed by atoms with Crippen molar-refractivity contribution in [1.29, 1.82) is 0 Å². The van der Waals surface area contributed by atoms with Crippen LogP contribution >= 0.6 is 15.9 Å². The lowest BCUT2D eigenvalue weighted by Crippen LogP contribution is -2.06. The van der Waals surface area contributed by atoms with E-state index in [1.165, 1.54) is 12.4 Å². The van der Waals surface area contributed by atoms with Gasteiger partial charge in [0.1, 0.15) is 11.9 Å². The molecular formula is C10H12BrN3O4. The number of halogens is 1. The van der Waals surface area contributed by atoms with Crippen molar-refractivity contribution in [3.05, 3.63) is 27.0 Å². The molecule has 1 rings (SSSR count). The Morgan fingerprint density at radius 3 is 2.83 bits per heavy atom. The predicted octanol–water partition coefficient (Wildman–Crippen LogP) is 2.42. The molecule has 0 aromatic carbocycles. The second-order valence-electron chi connectivity index (χ2n) is 3.55. The van der Waals surface area contributed by atoms with Gasteiger partial charge >= 0.3 is 11.7 Å². The second-order valence-corrected chi connectivity index (χ2v) is 4.40. The Kier molecular flexibility index (Phi) is 5.50. The maximum absolute atomic E-state index is 10.8.